The lowest BCUT2D eigenvalue weighted by Crippen LogP contribution is -2.33. The zero-order chi connectivity index (χ0) is 13.5. The number of amides is 2. The van der Waals surface area contributed by atoms with Gasteiger partial charge >= 0.3 is 5.97 Å². The standard InChI is InChI=1S/C11H13N3O4/c1-7(15)12-4-5-14-10(16)8-2-3-13-9(6-8)11(17)18/h2-3,6H,4-5H2,1H3,(H,12,15)(H,14,16)(H,17,18). The Morgan fingerprint density at radius 2 is 1.94 bits per heavy atom. The summed E-state index contributed by atoms with van der Waals surface area (Å²) >= 11 is 0. The van der Waals surface area contributed by atoms with Crippen LogP contribution in [0.1, 0.15) is 27.8 Å². The van der Waals surface area contributed by atoms with E-state index < -0.39 is 11.9 Å². The molecule has 1 rings (SSSR count). The van der Waals surface area contributed by atoms with Crippen molar-refractivity contribution in [3.63, 3.8) is 0 Å². The van der Waals surface area contributed by atoms with Crippen LogP contribution < -0.4 is 10.6 Å². The molecule has 2 amide bonds. The van der Waals surface area contributed by atoms with E-state index in [4.69, 9.17) is 5.11 Å². The van der Waals surface area contributed by atoms with Gasteiger partial charge in [0.2, 0.25) is 5.91 Å². The summed E-state index contributed by atoms with van der Waals surface area (Å²) in [5.74, 6) is -1.78. The first-order valence-electron chi connectivity index (χ1n) is 5.22. The molecule has 0 spiro atoms. The molecule has 1 heterocycles. The van der Waals surface area contributed by atoms with Gasteiger partial charge < -0.3 is 15.7 Å². The Morgan fingerprint density at radius 1 is 1.28 bits per heavy atom. The molecule has 3 N–H and O–H groups in total. The first kappa shape index (κ1) is 13.6. The van der Waals surface area contributed by atoms with Crippen molar-refractivity contribution in [2.75, 3.05) is 13.1 Å². The van der Waals surface area contributed by atoms with E-state index in [-0.39, 0.29) is 23.7 Å². The van der Waals surface area contributed by atoms with Crippen LogP contribution in [-0.4, -0.2) is 41.0 Å². The number of nitrogens with zero attached hydrogens (tertiary/aromatic N) is 1. The predicted molar refractivity (Wildman–Crippen MR) is 62.2 cm³/mol. The Hall–Kier alpha value is -2.44. The van der Waals surface area contributed by atoms with Crippen LogP contribution in [0.25, 0.3) is 0 Å². The molecule has 0 saturated carbocycles. The summed E-state index contributed by atoms with van der Waals surface area (Å²) in [4.78, 5) is 36.5. The topological polar surface area (TPSA) is 108 Å². The van der Waals surface area contributed by atoms with Gasteiger partial charge in [0.15, 0.2) is 0 Å². The van der Waals surface area contributed by atoms with Crippen LogP contribution in [0, 0.1) is 0 Å². The number of carboxylic acid groups (broad SMARTS) is 1. The van der Waals surface area contributed by atoms with Gasteiger partial charge in [-0.2, -0.15) is 0 Å². The fraction of sp³-hybridized carbons (Fsp3) is 0.273. The third kappa shape index (κ3) is 4.20. The molecular formula is C11H13N3O4. The largest absolute Gasteiger partial charge is 0.477 e. The van der Waals surface area contributed by atoms with Gasteiger partial charge in [0.05, 0.1) is 0 Å². The number of pyridine rings is 1. The maximum Gasteiger partial charge on any atom is 0.354 e. The first-order chi connectivity index (χ1) is 8.50. The van der Waals surface area contributed by atoms with Crippen LogP contribution in [0.2, 0.25) is 0 Å². The molecule has 0 bridgehead atoms. The minimum atomic E-state index is -1.19. The van der Waals surface area contributed by atoms with Gasteiger partial charge in [0, 0.05) is 31.8 Å². The summed E-state index contributed by atoms with van der Waals surface area (Å²) < 4.78 is 0. The summed E-state index contributed by atoms with van der Waals surface area (Å²) in [6.45, 7) is 1.96. The highest BCUT2D eigenvalue weighted by molar-refractivity contribution is 5.96. The fourth-order valence-electron chi connectivity index (χ4n) is 1.21. The van der Waals surface area contributed by atoms with Gasteiger partial charge in [-0.05, 0) is 12.1 Å². The molecule has 0 aliphatic heterocycles. The normalized spacial score (nSPS) is 9.61. The summed E-state index contributed by atoms with van der Waals surface area (Å²) in [6.07, 6.45) is 1.26. The number of nitrogens with one attached hydrogen (secondary N) is 2. The molecule has 7 heteroatoms. The number of carbonyl (C=O) groups is 3. The second-order valence-electron chi connectivity index (χ2n) is 3.47. The van der Waals surface area contributed by atoms with Crippen molar-refractivity contribution in [3.8, 4) is 0 Å². The maximum atomic E-state index is 11.6. The molecule has 18 heavy (non-hydrogen) atoms. The fourth-order valence-corrected chi connectivity index (χ4v) is 1.21. The Kier molecular flexibility index (Phi) is 4.79. The van der Waals surface area contributed by atoms with Gasteiger partial charge in [0.25, 0.3) is 5.91 Å². The summed E-state index contributed by atoms with van der Waals surface area (Å²) in [5, 5.41) is 13.8. The van der Waals surface area contributed by atoms with Gasteiger partial charge in [-0.3, -0.25) is 9.59 Å². The van der Waals surface area contributed by atoms with Crippen molar-refractivity contribution < 1.29 is 19.5 Å². The number of rotatable bonds is 5. The summed E-state index contributed by atoms with van der Waals surface area (Å²) in [5.41, 5.74) is 0.0229. The Bertz CT molecular complexity index is 473. The zero-order valence-corrected chi connectivity index (χ0v) is 9.77. The van der Waals surface area contributed by atoms with Crippen LogP contribution in [0.4, 0.5) is 0 Å². The number of carbonyl (C=O) groups excluding carboxylic acids is 2. The minimum Gasteiger partial charge on any atom is -0.477 e. The summed E-state index contributed by atoms with van der Waals surface area (Å²) in [7, 11) is 0. The van der Waals surface area contributed by atoms with E-state index in [1.54, 1.807) is 0 Å². The molecular weight excluding hydrogens is 238 g/mol. The number of carboxylic acids is 1. The number of aromatic nitrogens is 1. The first-order valence-corrected chi connectivity index (χ1v) is 5.22. The van der Waals surface area contributed by atoms with Gasteiger partial charge in [-0.15, -0.1) is 0 Å². The molecule has 0 aliphatic carbocycles. The van der Waals surface area contributed by atoms with Crippen LogP contribution in [0.5, 0.6) is 0 Å². The van der Waals surface area contributed by atoms with Gasteiger partial charge in [-0.1, -0.05) is 0 Å². The third-order valence-electron chi connectivity index (χ3n) is 2.03. The van der Waals surface area contributed by atoms with E-state index in [2.05, 4.69) is 15.6 Å². The van der Waals surface area contributed by atoms with Crippen LogP contribution in [-0.2, 0) is 4.79 Å². The molecule has 0 aliphatic rings. The lowest BCUT2D eigenvalue weighted by Gasteiger charge is -2.05. The molecule has 0 atom stereocenters. The van der Waals surface area contributed by atoms with Gasteiger partial charge in [-0.25, -0.2) is 9.78 Å². The predicted octanol–water partition coefficient (Wildman–Crippen LogP) is -0.354. The molecule has 96 valence electrons. The highest BCUT2D eigenvalue weighted by Crippen LogP contribution is 2.01. The monoisotopic (exact) mass is 251 g/mol. The quantitative estimate of drug-likeness (QED) is 0.619. The average Bonchev–Trinajstić information content (AvgIpc) is 2.34. The average molecular weight is 251 g/mol. The lowest BCUT2D eigenvalue weighted by molar-refractivity contribution is -0.118. The van der Waals surface area contributed by atoms with E-state index in [1.807, 2.05) is 0 Å². The van der Waals surface area contributed by atoms with Crippen LogP contribution >= 0.6 is 0 Å². The molecule has 1 aromatic rings. The zero-order valence-electron chi connectivity index (χ0n) is 9.77. The minimum absolute atomic E-state index is 0.179. The molecule has 0 aromatic carbocycles. The second kappa shape index (κ2) is 6.33. The molecule has 0 saturated heterocycles. The van der Waals surface area contributed by atoms with Crippen molar-refractivity contribution in [2.24, 2.45) is 0 Å². The van der Waals surface area contributed by atoms with E-state index >= 15 is 0 Å². The molecule has 0 fully saturated rings. The molecule has 0 radical (unpaired) electrons. The van der Waals surface area contributed by atoms with Crippen LogP contribution in [0.3, 0.4) is 0 Å². The molecule has 7 nitrogen and oxygen atoms in total. The lowest BCUT2D eigenvalue weighted by atomic mass is 10.2. The smallest absolute Gasteiger partial charge is 0.354 e. The summed E-state index contributed by atoms with van der Waals surface area (Å²) in [6, 6.07) is 2.61. The van der Waals surface area contributed by atoms with Crippen molar-refractivity contribution in [1.29, 1.82) is 0 Å². The van der Waals surface area contributed by atoms with Crippen LogP contribution in [0.15, 0.2) is 18.3 Å². The molecule has 1 aromatic heterocycles. The van der Waals surface area contributed by atoms with Crippen molar-refractivity contribution in [3.05, 3.63) is 29.6 Å². The van der Waals surface area contributed by atoms with Crippen molar-refractivity contribution in [2.45, 2.75) is 6.92 Å². The van der Waals surface area contributed by atoms with Crippen molar-refractivity contribution in [1.82, 2.24) is 15.6 Å². The van der Waals surface area contributed by atoms with Crippen molar-refractivity contribution >= 4 is 17.8 Å². The maximum absolute atomic E-state index is 11.6. The van der Waals surface area contributed by atoms with E-state index in [0.29, 0.717) is 6.54 Å². The number of hydrogen-bond acceptors (Lipinski definition) is 4. The highest BCUT2D eigenvalue weighted by atomic mass is 16.4. The Balaban J connectivity index is 2.53. The molecule has 0 unspecified atom stereocenters. The highest BCUT2D eigenvalue weighted by Gasteiger charge is 2.09. The Morgan fingerprint density at radius 3 is 2.56 bits per heavy atom. The second-order valence-corrected chi connectivity index (χ2v) is 3.47. The number of hydrogen-bond donors (Lipinski definition) is 3. The Labute approximate surface area is 103 Å². The number of aromatic carboxylic acids is 1. The third-order valence-corrected chi connectivity index (χ3v) is 2.03. The SMILES string of the molecule is CC(=O)NCCNC(=O)c1ccnc(C(=O)O)c1. The van der Waals surface area contributed by atoms with Gasteiger partial charge in [0.1, 0.15) is 5.69 Å². The van der Waals surface area contributed by atoms with E-state index in [1.165, 1.54) is 25.3 Å². The van der Waals surface area contributed by atoms with E-state index in [0.717, 1.165) is 0 Å². The van der Waals surface area contributed by atoms with E-state index in [9.17, 15) is 14.4 Å².